The molecule has 0 aliphatic heterocycles. The first kappa shape index (κ1) is 14.4. The monoisotopic (exact) mass is 261 g/mol. The Kier molecular flexibility index (Phi) is 4.87. The van der Waals surface area contributed by atoms with Gasteiger partial charge in [0.2, 0.25) is 0 Å². The molecule has 0 aromatic heterocycles. The highest BCUT2D eigenvalue weighted by Crippen LogP contribution is 2.32. The van der Waals surface area contributed by atoms with Crippen molar-refractivity contribution in [3.63, 3.8) is 0 Å². The van der Waals surface area contributed by atoms with Gasteiger partial charge in [-0.3, -0.25) is 0 Å². The molecule has 2 rings (SSSR count). The van der Waals surface area contributed by atoms with Crippen LogP contribution in [-0.4, -0.2) is 7.11 Å². The van der Waals surface area contributed by atoms with E-state index in [0.29, 0.717) is 0 Å². The van der Waals surface area contributed by atoms with E-state index in [4.69, 9.17) is 10.5 Å². The molecule has 0 bridgehead atoms. The Balaban J connectivity index is 2.01. The summed E-state index contributed by atoms with van der Waals surface area (Å²) in [6.45, 7) is 4.22. The smallest absolute Gasteiger partial charge is 0.122 e. The topological polar surface area (TPSA) is 35.2 Å². The average molecular weight is 261 g/mol. The fraction of sp³-hybridized carbons (Fsp3) is 0.647. The van der Waals surface area contributed by atoms with Gasteiger partial charge in [-0.25, -0.2) is 0 Å². The highest BCUT2D eigenvalue weighted by molar-refractivity contribution is 5.42. The number of methoxy groups -OCH3 is 1. The van der Waals surface area contributed by atoms with Crippen molar-refractivity contribution >= 4 is 0 Å². The Morgan fingerprint density at radius 1 is 1.21 bits per heavy atom. The predicted octanol–water partition coefficient (Wildman–Crippen LogP) is 4.28. The summed E-state index contributed by atoms with van der Waals surface area (Å²) in [6, 6.07) is 4.48. The Morgan fingerprint density at radius 2 is 1.89 bits per heavy atom. The summed E-state index contributed by atoms with van der Waals surface area (Å²) in [5.74, 6) is 1.88. The lowest BCUT2D eigenvalue weighted by Gasteiger charge is -2.19. The van der Waals surface area contributed by atoms with Gasteiger partial charge in [0.15, 0.2) is 0 Å². The standard InChI is InChI=1S/C17H27NO/c1-12-11-17(19-3)13(2)10-15(12)16(18)9-8-14-6-4-5-7-14/h10-11,14,16H,4-9,18H2,1-3H3. The normalized spacial score (nSPS) is 17.7. The van der Waals surface area contributed by atoms with Crippen LogP contribution in [-0.2, 0) is 0 Å². The van der Waals surface area contributed by atoms with Gasteiger partial charge in [-0.1, -0.05) is 31.7 Å². The van der Waals surface area contributed by atoms with Gasteiger partial charge in [-0.05, 0) is 55.4 Å². The second-order valence-electron chi connectivity index (χ2n) is 6.01. The molecule has 1 aromatic carbocycles. The SMILES string of the molecule is COc1cc(C)c(C(N)CCC2CCCC2)cc1C. The summed E-state index contributed by atoms with van der Waals surface area (Å²) in [5, 5.41) is 0. The lowest BCUT2D eigenvalue weighted by Crippen LogP contribution is -2.13. The molecule has 2 heteroatoms. The Hall–Kier alpha value is -1.02. The van der Waals surface area contributed by atoms with Gasteiger partial charge in [0.05, 0.1) is 7.11 Å². The molecule has 1 aliphatic carbocycles. The number of ether oxygens (including phenoxy) is 1. The lowest BCUT2D eigenvalue weighted by molar-refractivity contribution is 0.410. The maximum atomic E-state index is 6.39. The third-order valence-electron chi connectivity index (χ3n) is 4.54. The molecule has 1 unspecified atom stereocenters. The van der Waals surface area contributed by atoms with Gasteiger partial charge in [0, 0.05) is 6.04 Å². The molecular weight excluding hydrogens is 234 g/mol. The van der Waals surface area contributed by atoms with E-state index >= 15 is 0 Å². The minimum Gasteiger partial charge on any atom is -0.496 e. The summed E-state index contributed by atoms with van der Waals surface area (Å²) in [5.41, 5.74) is 10.1. The summed E-state index contributed by atoms with van der Waals surface area (Å²) >= 11 is 0. The van der Waals surface area contributed by atoms with Crippen LogP contribution in [0, 0.1) is 19.8 Å². The molecule has 1 aromatic rings. The van der Waals surface area contributed by atoms with Crippen molar-refractivity contribution in [1.82, 2.24) is 0 Å². The molecule has 1 atom stereocenters. The van der Waals surface area contributed by atoms with Crippen molar-refractivity contribution in [2.75, 3.05) is 7.11 Å². The van der Waals surface area contributed by atoms with Crippen molar-refractivity contribution in [2.24, 2.45) is 11.7 Å². The fourth-order valence-corrected chi connectivity index (χ4v) is 3.30. The fourth-order valence-electron chi connectivity index (χ4n) is 3.30. The highest BCUT2D eigenvalue weighted by atomic mass is 16.5. The summed E-state index contributed by atoms with van der Waals surface area (Å²) in [4.78, 5) is 0. The summed E-state index contributed by atoms with van der Waals surface area (Å²) in [6.07, 6.45) is 8.05. The van der Waals surface area contributed by atoms with Crippen molar-refractivity contribution in [1.29, 1.82) is 0 Å². The van der Waals surface area contributed by atoms with E-state index in [1.807, 2.05) is 0 Å². The van der Waals surface area contributed by atoms with E-state index in [1.165, 1.54) is 48.8 Å². The molecule has 0 heterocycles. The van der Waals surface area contributed by atoms with Crippen LogP contribution in [0.4, 0.5) is 0 Å². The van der Waals surface area contributed by atoms with Gasteiger partial charge in [0.25, 0.3) is 0 Å². The van der Waals surface area contributed by atoms with Crippen LogP contribution in [0.3, 0.4) is 0 Å². The minimum absolute atomic E-state index is 0.171. The molecule has 0 radical (unpaired) electrons. The van der Waals surface area contributed by atoms with Crippen molar-refractivity contribution < 1.29 is 4.74 Å². The lowest BCUT2D eigenvalue weighted by atomic mass is 9.92. The molecule has 0 amide bonds. The first-order chi connectivity index (χ1) is 9.11. The molecule has 106 valence electrons. The summed E-state index contributed by atoms with van der Waals surface area (Å²) in [7, 11) is 1.72. The van der Waals surface area contributed by atoms with Crippen LogP contribution >= 0.6 is 0 Å². The molecule has 1 saturated carbocycles. The molecular formula is C17H27NO. The number of hydrogen-bond donors (Lipinski definition) is 1. The Morgan fingerprint density at radius 3 is 2.53 bits per heavy atom. The number of rotatable bonds is 5. The van der Waals surface area contributed by atoms with E-state index < -0.39 is 0 Å². The second-order valence-corrected chi connectivity index (χ2v) is 6.01. The summed E-state index contributed by atoms with van der Waals surface area (Å²) < 4.78 is 5.36. The first-order valence-electron chi connectivity index (χ1n) is 7.52. The third-order valence-corrected chi connectivity index (χ3v) is 4.54. The molecule has 2 N–H and O–H groups in total. The van der Waals surface area contributed by atoms with Gasteiger partial charge >= 0.3 is 0 Å². The number of aryl methyl sites for hydroxylation is 2. The molecule has 0 spiro atoms. The van der Waals surface area contributed by atoms with Gasteiger partial charge in [0.1, 0.15) is 5.75 Å². The zero-order chi connectivity index (χ0) is 13.8. The highest BCUT2D eigenvalue weighted by Gasteiger charge is 2.18. The molecule has 0 saturated heterocycles. The van der Waals surface area contributed by atoms with E-state index in [0.717, 1.165) is 18.1 Å². The molecule has 1 fully saturated rings. The van der Waals surface area contributed by atoms with Gasteiger partial charge in [-0.2, -0.15) is 0 Å². The largest absolute Gasteiger partial charge is 0.496 e. The van der Waals surface area contributed by atoms with Crippen LogP contribution < -0.4 is 10.5 Å². The van der Waals surface area contributed by atoms with Crippen molar-refractivity contribution in [2.45, 2.75) is 58.4 Å². The van der Waals surface area contributed by atoms with Crippen LogP contribution in [0.1, 0.15) is 61.3 Å². The molecule has 1 aliphatic rings. The number of nitrogens with two attached hydrogens (primary N) is 1. The number of benzene rings is 1. The first-order valence-corrected chi connectivity index (χ1v) is 7.52. The quantitative estimate of drug-likeness (QED) is 0.858. The van der Waals surface area contributed by atoms with Crippen molar-refractivity contribution in [3.8, 4) is 5.75 Å². The van der Waals surface area contributed by atoms with Gasteiger partial charge < -0.3 is 10.5 Å². The zero-order valence-electron chi connectivity index (χ0n) is 12.5. The van der Waals surface area contributed by atoms with E-state index in [-0.39, 0.29) is 6.04 Å². The third kappa shape index (κ3) is 3.50. The maximum absolute atomic E-state index is 6.39. The van der Waals surface area contributed by atoms with E-state index in [1.54, 1.807) is 7.11 Å². The van der Waals surface area contributed by atoms with Crippen molar-refractivity contribution in [3.05, 3.63) is 28.8 Å². The second kappa shape index (κ2) is 6.42. The van der Waals surface area contributed by atoms with Crippen LogP contribution in [0.2, 0.25) is 0 Å². The average Bonchev–Trinajstić information content (AvgIpc) is 2.91. The number of hydrogen-bond acceptors (Lipinski definition) is 2. The minimum atomic E-state index is 0.171. The van der Waals surface area contributed by atoms with Crippen LogP contribution in [0.15, 0.2) is 12.1 Å². The predicted molar refractivity (Wildman–Crippen MR) is 80.6 cm³/mol. The zero-order valence-corrected chi connectivity index (χ0v) is 12.5. The Bertz CT molecular complexity index is 422. The molecule has 19 heavy (non-hydrogen) atoms. The maximum Gasteiger partial charge on any atom is 0.122 e. The van der Waals surface area contributed by atoms with Crippen LogP contribution in [0.5, 0.6) is 5.75 Å². The van der Waals surface area contributed by atoms with Crippen LogP contribution in [0.25, 0.3) is 0 Å². The molecule has 2 nitrogen and oxygen atoms in total. The van der Waals surface area contributed by atoms with Gasteiger partial charge in [-0.15, -0.1) is 0 Å². The Labute approximate surface area is 117 Å². The van der Waals surface area contributed by atoms with E-state index in [2.05, 4.69) is 26.0 Å². The van der Waals surface area contributed by atoms with E-state index in [9.17, 15) is 0 Å².